The van der Waals surface area contributed by atoms with Crippen molar-refractivity contribution in [2.24, 2.45) is 5.14 Å². The quantitative estimate of drug-likeness (QED) is 0.518. The number of rotatable bonds is 9. The van der Waals surface area contributed by atoms with Gasteiger partial charge in [0.1, 0.15) is 0 Å². The number of nitrogens with one attached hydrogen (secondary N) is 2. The number of hydrogen-bond acceptors (Lipinski definition) is 6. The predicted molar refractivity (Wildman–Crippen MR) is 121 cm³/mol. The number of halogens is 1. The van der Waals surface area contributed by atoms with Crippen molar-refractivity contribution in [3.8, 4) is 11.5 Å². The number of nitrogens with two attached hydrogens (primary N) is 1. The molecule has 0 aliphatic heterocycles. The van der Waals surface area contributed by atoms with Crippen LogP contribution in [0, 0.1) is 0 Å². The average Bonchev–Trinajstić information content (AvgIpc) is 2.65. The van der Waals surface area contributed by atoms with E-state index in [1.54, 1.807) is 24.3 Å². The van der Waals surface area contributed by atoms with E-state index in [-0.39, 0.29) is 22.9 Å². The molecule has 0 radical (unpaired) electrons. The van der Waals surface area contributed by atoms with Crippen LogP contribution < -0.4 is 25.2 Å². The van der Waals surface area contributed by atoms with E-state index >= 15 is 0 Å². The van der Waals surface area contributed by atoms with E-state index in [9.17, 15) is 13.2 Å². The maximum Gasteiger partial charge on any atom is 0.258 e. The molecule has 0 saturated carbocycles. The molecular formula is C21H28ClN3O5S. The minimum Gasteiger partial charge on any atom is -0.490 e. The van der Waals surface area contributed by atoms with E-state index in [0.717, 1.165) is 5.56 Å². The lowest BCUT2D eigenvalue weighted by molar-refractivity contribution is -0.124. The summed E-state index contributed by atoms with van der Waals surface area (Å²) in [5.74, 6) is 0.591. The number of benzene rings is 2. The number of amides is 1. The SMILES string of the molecule is CCOc1cc(CNc2ccc(S(N)(=O)=O)cc2)c(Cl)cc1OCC(=O)NC(C)(C)C. The molecule has 1 amide bonds. The van der Waals surface area contributed by atoms with Gasteiger partial charge in [0.15, 0.2) is 18.1 Å². The summed E-state index contributed by atoms with van der Waals surface area (Å²) in [4.78, 5) is 12.1. The van der Waals surface area contributed by atoms with E-state index in [1.807, 2.05) is 27.7 Å². The van der Waals surface area contributed by atoms with Crippen LogP contribution in [0.3, 0.4) is 0 Å². The summed E-state index contributed by atoms with van der Waals surface area (Å²) in [5, 5.41) is 11.5. The van der Waals surface area contributed by atoms with Gasteiger partial charge in [-0.05, 0) is 63.6 Å². The van der Waals surface area contributed by atoms with Gasteiger partial charge in [0.2, 0.25) is 10.0 Å². The van der Waals surface area contributed by atoms with Crippen molar-refractivity contribution >= 4 is 33.2 Å². The van der Waals surface area contributed by atoms with Gasteiger partial charge in [-0.15, -0.1) is 0 Å². The Bertz CT molecular complexity index is 1020. The first-order valence-corrected chi connectivity index (χ1v) is 11.6. The normalized spacial score (nSPS) is 11.7. The molecule has 0 spiro atoms. The van der Waals surface area contributed by atoms with Gasteiger partial charge in [-0.25, -0.2) is 13.6 Å². The van der Waals surface area contributed by atoms with E-state index in [0.29, 0.717) is 35.4 Å². The van der Waals surface area contributed by atoms with Crippen LogP contribution in [0.4, 0.5) is 5.69 Å². The molecule has 2 aromatic carbocycles. The molecule has 0 aliphatic rings. The first kappa shape index (κ1) is 24.8. The zero-order valence-electron chi connectivity index (χ0n) is 18.0. The van der Waals surface area contributed by atoms with Crippen LogP contribution in [0.15, 0.2) is 41.3 Å². The molecule has 4 N–H and O–H groups in total. The van der Waals surface area contributed by atoms with Crippen LogP contribution >= 0.6 is 11.6 Å². The molecule has 0 aromatic heterocycles. The Balaban J connectivity index is 2.11. The number of sulfonamides is 1. The molecule has 0 saturated heterocycles. The molecule has 0 atom stereocenters. The van der Waals surface area contributed by atoms with E-state index in [1.165, 1.54) is 12.1 Å². The molecule has 0 aliphatic carbocycles. The Labute approximate surface area is 188 Å². The van der Waals surface area contributed by atoms with Crippen molar-refractivity contribution in [1.82, 2.24) is 5.32 Å². The minimum atomic E-state index is -3.74. The van der Waals surface area contributed by atoms with Gasteiger partial charge >= 0.3 is 0 Å². The maximum atomic E-state index is 12.0. The highest BCUT2D eigenvalue weighted by molar-refractivity contribution is 7.89. The second-order valence-corrected chi connectivity index (χ2v) is 9.80. The summed E-state index contributed by atoms with van der Waals surface area (Å²) in [5.41, 5.74) is 1.08. The summed E-state index contributed by atoms with van der Waals surface area (Å²) < 4.78 is 34.0. The highest BCUT2D eigenvalue weighted by Gasteiger charge is 2.16. The van der Waals surface area contributed by atoms with Gasteiger partial charge in [-0.1, -0.05) is 11.6 Å². The van der Waals surface area contributed by atoms with Crippen molar-refractivity contribution in [2.45, 2.75) is 44.7 Å². The lowest BCUT2D eigenvalue weighted by Crippen LogP contribution is -2.43. The fourth-order valence-electron chi connectivity index (χ4n) is 2.65. The number of carbonyl (C=O) groups excluding carboxylic acids is 1. The smallest absolute Gasteiger partial charge is 0.258 e. The van der Waals surface area contributed by atoms with Gasteiger partial charge in [-0.2, -0.15) is 0 Å². The Hall–Kier alpha value is -2.49. The van der Waals surface area contributed by atoms with Gasteiger partial charge in [0, 0.05) is 28.9 Å². The molecule has 2 aromatic rings. The molecule has 10 heteroatoms. The summed E-state index contributed by atoms with van der Waals surface area (Å²) in [6, 6.07) is 9.42. The van der Waals surface area contributed by atoms with Gasteiger partial charge < -0.3 is 20.1 Å². The number of anilines is 1. The Morgan fingerprint density at radius 1 is 1.10 bits per heavy atom. The fourth-order valence-corrected chi connectivity index (χ4v) is 3.39. The monoisotopic (exact) mass is 469 g/mol. The second-order valence-electron chi connectivity index (χ2n) is 7.83. The standard InChI is InChI=1S/C21H28ClN3O5S/c1-5-29-18-10-14(12-24-15-6-8-16(9-7-15)31(23,27)28)17(22)11-19(18)30-13-20(26)25-21(2,3)4/h6-11,24H,5,12-13H2,1-4H3,(H,25,26)(H2,23,27,28). The zero-order chi connectivity index (χ0) is 23.2. The fraction of sp³-hybridized carbons (Fsp3) is 0.381. The lowest BCUT2D eigenvalue weighted by Gasteiger charge is -2.21. The van der Waals surface area contributed by atoms with Gasteiger partial charge in [0.05, 0.1) is 11.5 Å². The van der Waals surface area contributed by atoms with Crippen LogP contribution in [-0.2, 0) is 21.4 Å². The number of hydrogen-bond donors (Lipinski definition) is 3. The van der Waals surface area contributed by atoms with Crippen molar-refractivity contribution in [3.63, 3.8) is 0 Å². The summed E-state index contributed by atoms with van der Waals surface area (Å²) in [6.45, 7) is 8.11. The predicted octanol–water partition coefficient (Wildman–Crippen LogP) is 3.29. The molecule has 0 fully saturated rings. The van der Waals surface area contributed by atoms with Crippen molar-refractivity contribution < 1.29 is 22.7 Å². The average molecular weight is 470 g/mol. The summed E-state index contributed by atoms with van der Waals surface area (Å²) in [6.07, 6.45) is 0. The largest absolute Gasteiger partial charge is 0.490 e. The van der Waals surface area contributed by atoms with E-state index < -0.39 is 10.0 Å². The van der Waals surface area contributed by atoms with Crippen LogP contribution in [0.5, 0.6) is 11.5 Å². The summed E-state index contributed by atoms with van der Waals surface area (Å²) >= 11 is 6.40. The highest BCUT2D eigenvalue weighted by Crippen LogP contribution is 2.34. The number of carbonyl (C=O) groups is 1. The first-order valence-electron chi connectivity index (χ1n) is 9.65. The van der Waals surface area contributed by atoms with Gasteiger partial charge in [0.25, 0.3) is 5.91 Å². The summed E-state index contributed by atoms with van der Waals surface area (Å²) in [7, 11) is -3.74. The Morgan fingerprint density at radius 3 is 2.26 bits per heavy atom. The van der Waals surface area contributed by atoms with E-state index in [4.69, 9.17) is 26.2 Å². The van der Waals surface area contributed by atoms with Gasteiger partial charge in [-0.3, -0.25) is 4.79 Å². The van der Waals surface area contributed by atoms with Crippen molar-refractivity contribution in [3.05, 3.63) is 47.0 Å². The van der Waals surface area contributed by atoms with E-state index in [2.05, 4.69) is 10.6 Å². The number of ether oxygens (including phenoxy) is 2. The minimum absolute atomic E-state index is 0.0340. The first-order chi connectivity index (χ1) is 14.4. The van der Waals surface area contributed by atoms with Crippen LogP contribution in [0.25, 0.3) is 0 Å². The third-order valence-electron chi connectivity index (χ3n) is 3.95. The van der Waals surface area contributed by atoms with Crippen LogP contribution in [0.2, 0.25) is 5.02 Å². The molecule has 0 bridgehead atoms. The lowest BCUT2D eigenvalue weighted by atomic mass is 10.1. The van der Waals surface area contributed by atoms with Crippen molar-refractivity contribution in [1.29, 1.82) is 0 Å². The molecule has 0 heterocycles. The molecule has 2 rings (SSSR count). The number of primary sulfonamides is 1. The van der Waals surface area contributed by atoms with Crippen LogP contribution in [0.1, 0.15) is 33.3 Å². The Morgan fingerprint density at radius 2 is 1.71 bits per heavy atom. The van der Waals surface area contributed by atoms with Crippen LogP contribution in [-0.4, -0.2) is 33.1 Å². The molecule has 170 valence electrons. The molecule has 31 heavy (non-hydrogen) atoms. The maximum absolute atomic E-state index is 12.0. The molecule has 8 nitrogen and oxygen atoms in total. The van der Waals surface area contributed by atoms with Crippen molar-refractivity contribution in [2.75, 3.05) is 18.5 Å². The Kier molecular flexibility index (Phi) is 8.16. The molecular weight excluding hydrogens is 442 g/mol. The third kappa shape index (κ3) is 7.93. The highest BCUT2D eigenvalue weighted by atomic mass is 35.5. The molecule has 0 unspecified atom stereocenters. The second kappa shape index (κ2) is 10.2. The third-order valence-corrected chi connectivity index (χ3v) is 5.23. The topological polar surface area (TPSA) is 120 Å². The zero-order valence-corrected chi connectivity index (χ0v) is 19.6.